The average molecular weight is 401 g/mol. The second kappa shape index (κ2) is 6.91. The summed E-state index contributed by atoms with van der Waals surface area (Å²) in [4.78, 5) is 16.3. The first-order valence-corrected chi connectivity index (χ1v) is 10.5. The van der Waals surface area contributed by atoms with Crippen molar-refractivity contribution in [3.05, 3.63) is 42.4 Å². The number of pyridine rings is 1. The lowest BCUT2D eigenvalue weighted by Crippen LogP contribution is -2.36. The number of fused-ring (bicyclic) bond motifs is 3. The molecule has 0 unspecified atom stereocenters. The van der Waals surface area contributed by atoms with E-state index in [9.17, 15) is 0 Å². The zero-order valence-electron chi connectivity index (χ0n) is 16.9. The lowest BCUT2D eigenvalue weighted by Gasteiger charge is -2.29. The highest BCUT2D eigenvalue weighted by Gasteiger charge is 2.27. The number of nitrogens with one attached hydrogen (secondary N) is 1. The smallest absolute Gasteiger partial charge is 0.228 e. The van der Waals surface area contributed by atoms with Crippen LogP contribution >= 0.6 is 0 Å². The van der Waals surface area contributed by atoms with E-state index in [2.05, 4.69) is 49.0 Å². The molecule has 0 radical (unpaired) electrons. The zero-order valence-corrected chi connectivity index (χ0v) is 16.9. The van der Waals surface area contributed by atoms with Crippen molar-refractivity contribution in [3.8, 4) is 0 Å². The van der Waals surface area contributed by atoms with Crippen molar-refractivity contribution in [2.24, 2.45) is 0 Å². The quantitative estimate of drug-likeness (QED) is 0.560. The number of morpholine rings is 1. The molecule has 1 aliphatic carbocycles. The Kier molecular flexibility index (Phi) is 4.05. The van der Waals surface area contributed by atoms with Crippen LogP contribution in [-0.2, 0) is 4.74 Å². The van der Waals surface area contributed by atoms with Crippen LogP contribution in [0.5, 0.6) is 0 Å². The Labute approximate surface area is 173 Å². The van der Waals surface area contributed by atoms with Crippen LogP contribution in [0, 0.1) is 6.92 Å². The summed E-state index contributed by atoms with van der Waals surface area (Å²) in [5.74, 6) is 1.29. The van der Waals surface area contributed by atoms with Crippen LogP contribution < -0.4 is 10.2 Å². The van der Waals surface area contributed by atoms with E-state index < -0.39 is 0 Å². The summed E-state index contributed by atoms with van der Waals surface area (Å²) in [7, 11) is 0. The molecule has 1 saturated heterocycles. The van der Waals surface area contributed by atoms with Crippen molar-refractivity contribution in [2.75, 3.05) is 36.5 Å². The number of benzene rings is 1. The minimum atomic E-state index is 0.497. The molecule has 0 spiro atoms. The zero-order chi connectivity index (χ0) is 20.1. The van der Waals surface area contributed by atoms with Crippen LogP contribution in [0.2, 0.25) is 0 Å². The SMILES string of the molecule is Cc1cc(Nc2ncc3ccc4cnn(C5CC5)c4c3n2)ncc1N1CCOCC1. The second-order valence-electron chi connectivity index (χ2n) is 8.04. The molecule has 1 N–H and O–H groups in total. The number of hydrogen-bond donors (Lipinski definition) is 1. The van der Waals surface area contributed by atoms with Gasteiger partial charge in [-0.05, 0) is 31.4 Å². The van der Waals surface area contributed by atoms with Gasteiger partial charge in [0.15, 0.2) is 0 Å². The number of aromatic nitrogens is 5. The largest absolute Gasteiger partial charge is 0.378 e. The van der Waals surface area contributed by atoms with Crippen LogP contribution in [0.15, 0.2) is 36.8 Å². The summed E-state index contributed by atoms with van der Waals surface area (Å²) in [5.41, 5.74) is 4.34. The summed E-state index contributed by atoms with van der Waals surface area (Å²) in [6.07, 6.45) is 8.08. The number of nitrogens with zero attached hydrogens (tertiary/aromatic N) is 6. The van der Waals surface area contributed by atoms with Crippen LogP contribution in [0.3, 0.4) is 0 Å². The van der Waals surface area contributed by atoms with E-state index in [1.807, 2.05) is 24.7 Å². The predicted octanol–water partition coefficient (Wildman–Crippen LogP) is 3.60. The Bertz CT molecular complexity index is 1240. The third-order valence-corrected chi connectivity index (χ3v) is 5.88. The molecular weight excluding hydrogens is 378 g/mol. The van der Waals surface area contributed by atoms with Crippen molar-refractivity contribution in [1.29, 1.82) is 0 Å². The van der Waals surface area contributed by atoms with Gasteiger partial charge in [-0.25, -0.2) is 15.0 Å². The number of hydrogen-bond acceptors (Lipinski definition) is 7. The minimum absolute atomic E-state index is 0.497. The van der Waals surface area contributed by atoms with Crippen LogP contribution in [0.25, 0.3) is 21.8 Å². The molecular formula is C22H23N7O. The highest BCUT2D eigenvalue weighted by molar-refractivity contribution is 6.03. The predicted molar refractivity (Wildman–Crippen MR) is 116 cm³/mol. The monoisotopic (exact) mass is 401 g/mol. The van der Waals surface area contributed by atoms with Gasteiger partial charge in [0.2, 0.25) is 5.95 Å². The Balaban J connectivity index is 1.34. The maximum absolute atomic E-state index is 5.45. The molecule has 8 heteroatoms. The van der Waals surface area contributed by atoms with Crippen LogP contribution in [0.4, 0.5) is 17.5 Å². The Morgan fingerprint density at radius 1 is 1.03 bits per heavy atom. The summed E-state index contributed by atoms with van der Waals surface area (Å²) in [6, 6.07) is 6.69. The van der Waals surface area contributed by atoms with Gasteiger partial charge in [-0.1, -0.05) is 12.1 Å². The molecule has 1 saturated carbocycles. The molecule has 4 aromatic rings. The fourth-order valence-electron chi connectivity index (χ4n) is 4.15. The molecule has 2 aliphatic rings. The summed E-state index contributed by atoms with van der Waals surface area (Å²) in [6.45, 7) is 5.42. The maximum atomic E-state index is 5.45. The average Bonchev–Trinajstić information content (AvgIpc) is 3.52. The van der Waals surface area contributed by atoms with Gasteiger partial charge in [0.05, 0.1) is 42.9 Å². The molecule has 152 valence electrons. The standard InChI is InChI=1S/C22H23N7O/c1-14-10-19(23-13-18(14)28-6-8-30-9-7-28)26-22-24-11-15-2-3-16-12-25-29(17-4-5-17)21(16)20(15)27-22/h2-3,10-13,17H,4-9H2,1H3,(H,23,24,26,27). The van der Waals surface area contributed by atoms with E-state index in [0.717, 1.165) is 59.6 Å². The number of ether oxygens (including phenoxy) is 1. The first-order valence-electron chi connectivity index (χ1n) is 10.5. The summed E-state index contributed by atoms with van der Waals surface area (Å²) < 4.78 is 7.57. The molecule has 1 aromatic carbocycles. The summed E-state index contributed by atoms with van der Waals surface area (Å²) in [5, 5.41) is 10.0. The third-order valence-electron chi connectivity index (χ3n) is 5.88. The number of aryl methyl sites for hydroxylation is 1. The molecule has 2 fully saturated rings. The minimum Gasteiger partial charge on any atom is -0.378 e. The van der Waals surface area contributed by atoms with Crippen molar-refractivity contribution >= 4 is 39.3 Å². The van der Waals surface area contributed by atoms with E-state index in [4.69, 9.17) is 9.72 Å². The summed E-state index contributed by atoms with van der Waals surface area (Å²) >= 11 is 0. The van der Waals surface area contributed by atoms with Gasteiger partial charge in [0.1, 0.15) is 11.3 Å². The maximum Gasteiger partial charge on any atom is 0.228 e. The number of rotatable bonds is 4. The first kappa shape index (κ1) is 17.6. The fraction of sp³-hybridized carbons (Fsp3) is 0.364. The normalized spacial score (nSPS) is 17.0. The van der Waals surface area contributed by atoms with Gasteiger partial charge in [-0.2, -0.15) is 5.10 Å². The van der Waals surface area contributed by atoms with Crippen molar-refractivity contribution < 1.29 is 4.74 Å². The van der Waals surface area contributed by atoms with Gasteiger partial charge in [0, 0.05) is 30.1 Å². The lowest BCUT2D eigenvalue weighted by molar-refractivity contribution is 0.122. The Morgan fingerprint density at radius 2 is 1.87 bits per heavy atom. The van der Waals surface area contributed by atoms with Crippen LogP contribution in [-0.4, -0.2) is 51.0 Å². The molecule has 1 aliphatic heterocycles. The Morgan fingerprint density at radius 3 is 2.67 bits per heavy atom. The van der Waals surface area contributed by atoms with E-state index >= 15 is 0 Å². The van der Waals surface area contributed by atoms with E-state index in [1.165, 1.54) is 18.4 Å². The molecule has 4 heterocycles. The molecule has 30 heavy (non-hydrogen) atoms. The van der Waals surface area contributed by atoms with Gasteiger partial charge in [-0.3, -0.25) is 4.68 Å². The van der Waals surface area contributed by atoms with E-state index in [1.54, 1.807) is 0 Å². The first-order chi connectivity index (χ1) is 14.8. The highest BCUT2D eigenvalue weighted by atomic mass is 16.5. The molecule has 0 atom stereocenters. The van der Waals surface area contributed by atoms with Crippen molar-refractivity contribution in [3.63, 3.8) is 0 Å². The molecule has 3 aromatic heterocycles. The molecule has 0 amide bonds. The van der Waals surface area contributed by atoms with Gasteiger partial charge in [-0.15, -0.1) is 0 Å². The topological polar surface area (TPSA) is 81.0 Å². The molecule has 8 nitrogen and oxygen atoms in total. The molecule has 6 rings (SSSR count). The van der Waals surface area contributed by atoms with E-state index in [-0.39, 0.29) is 0 Å². The highest BCUT2D eigenvalue weighted by Crippen LogP contribution is 2.38. The van der Waals surface area contributed by atoms with Gasteiger partial charge < -0.3 is 15.0 Å². The fourth-order valence-corrected chi connectivity index (χ4v) is 4.15. The lowest BCUT2D eigenvalue weighted by atomic mass is 10.2. The number of anilines is 3. The van der Waals surface area contributed by atoms with Crippen molar-refractivity contribution in [1.82, 2.24) is 24.7 Å². The third kappa shape index (κ3) is 3.04. The van der Waals surface area contributed by atoms with Gasteiger partial charge >= 0.3 is 0 Å². The van der Waals surface area contributed by atoms with Crippen LogP contribution in [0.1, 0.15) is 24.4 Å². The van der Waals surface area contributed by atoms with E-state index in [0.29, 0.717) is 12.0 Å². The second-order valence-corrected chi connectivity index (χ2v) is 8.04. The van der Waals surface area contributed by atoms with Crippen molar-refractivity contribution in [2.45, 2.75) is 25.8 Å². The van der Waals surface area contributed by atoms with Gasteiger partial charge in [0.25, 0.3) is 0 Å². The molecule has 0 bridgehead atoms. The Hall–Kier alpha value is -3.26.